The number of hydrogen-bond acceptors (Lipinski definition) is 2. The minimum atomic E-state index is 0.650. The summed E-state index contributed by atoms with van der Waals surface area (Å²) < 4.78 is 0.899. The van der Waals surface area contributed by atoms with Crippen molar-refractivity contribution in [3.05, 3.63) is 16.4 Å². The number of nitrogens with zero attached hydrogens (tertiary/aromatic N) is 1. The van der Waals surface area contributed by atoms with Gasteiger partial charge in [0.1, 0.15) is 4.60 Å². The molecular formula is C8H12BrN3. The average Bonchev–Trinajstić information content (AvgIpc) is 2.63. The molecule has 1 unspecified atom stereocenters. The molecule has 0 amide bonds. The minimum absolute atomic E-state index is 0.650. The molecule has 0 radical (unpaired) electrons. The monoisotopic (exact) mass is 229 g/mol. The van der Waals surface area contributed by atoms with Crippen molar-refractivity contribution in [1.29, 1.82) is 0 Å². The molecule has 2 rings (SSSR count). The Morgan fingerprint density at radius 2 is 2.58 bits per heavy atom. The summed E-state index contributed by atoms with van der Waals surface area (Å²) in [6.45, 7) is 1.17. The first-order valence-corrected chi connectivity index (χ1v) is 5.07. The van der Waals surface area contributed by atoms with Gasteiger partial charge < -0.3 is 5.32 Å². The van der Waals surface area contributed by atoms with Gasteiger partial charge >= 0.3 is 0 Å². The first-order valence-electron chi connectivity index (χ1n) is 4.28. The Hall–Kier alpha value is -0.350. The molecule has 0 bridgehead atoms. The number of nitrogens with one attached hydrogen (secondary N) is 2. The Morgan fingerprint density at radius 3 is 3.17 bits per heavy atom. The quantitative estimate of drug-likeness (QED) is 0.807. The highest BCUT2D eigenvalue weighted by molar-refractivity contribution is 9.10. The molecular weight excluding hydrogens is 218 g/mol. The van der Waals surface area contributed by atoms with E-state index in [0.717, 1.165) is 11.0 Å². The molecule has 0 aliphatic carbocycles. The predicted molar refractivity (Wildman–Crippen MR) is 51.0 cm³/mol. The Bertz CT molecular complexity index is 253. The van der Waals surface area contributed by atoms with Crippen LogP contribution in [0.25, 0.3) is 0 Å². The maximum Gasteiger partial charge on any atom is 0.128 e. The molecule has 1 saturated heterocycles. The molecule has 1 aliphatic rings. The maximum atomic E-state index is 4.02. The molecule has 1 aliphatic heterocycles. The highest BCUT2D eigenvalue weighted by Gasteiger charge is 2.14. The molecule has 0 spiro atoms. The van der Waals surface area contributed by atoms with Gasteiger partial charge in [0.2, 0.25) is 0 Å². The van der Waals surface area contributed by atoms with Crippen LogP contribution in [0, 0.1) is 0 Å². The van der Waals surface area contributed by atoms with Crippen molar-refractivity contribution >= 4 is 15.9 Å². The van der Waals surface area contributed by atoms with Gasteiger partial charge in [0, 0.05) is 18.2 Å². The fourth-order valence-electron chi connectivity index (χ4n) is 1.63. The lowest BCUT2D eigenvalue weighted by atomic mass is 10.1. The number of aromatic amines is 1. The molecule has 12 heavy (non-hydrogen) atoms. The van der Waals surface area contributed by atoms with E-state index < -0.39 is 0 Å². The van der Waals surface area contributed by atoms with Gasteiger partial charge in [0.05, 0.1) is 0 Å². The van der Waals surface area contributed by atoms with E-state index in [-0.39, 0.29) is 0 Å². The first kappa shape index (κ1) is 8.26. The number of aromatic nitrogens is 2. The third kappa shape index (κ3) is 1.87. The standard InChI is InChI=1S/C8H12BrN3/c9-8-5-7(11-12-8)4-6-2-1-3-10-6/h5-6,10H,1-4H2,(H,11,12). The zero-order valence-electron chi connectivity index (χ0n) is 6.81. The molecule has 2 heterocycles. The molecule has 0 aromatic carbocycles. The second-order valence-corrected chi connectivity index (χ2v) is 4.03. The lowest BCUT2D eigenvalue weighted by molar-refractivity contribution is 0.594. The van der Waals surface area contributed by atoms with Crippen LogP contribution >= 0.6 is 15.9 Å². The van der Waals surface area contributed by atoms with Crippen molar-refractivity contribution < 1.29 is 0 Å². The molecule has 4 heteroatoms. The van der Waals surface area contributed by atoms with Crippen LogP contribution in [0.15, 0.2) is 10.7 Å². The summed E-state index contributed by atoms with van der Waals surface area (Å²) in [6.07, 6.45) is 3.66. The number of hydrogen-bond donors (Lipinski definition) is 2. The third-order valence-electron chi connectivity index (χ3n) is 2.23. The Morgan fingerprint density at radius 1 is 1.67 bits per heavy atom. The van der Waals surface area contributed by atoms with Gasteiger partial charge in [0.25, 0.3) is 0 Å². The van der Waals surface area contributed by atoms with Gasteiger partial charge in [-0.15, -0.1) is 0 Å². The average molecular weight is 230 g/mol. The molecule has 1 aromatic heterocycles. The van der Waals surface area contributed by atoms with Crippen LogP contribution in [0.2, 0.25) is 0 Å². The summed E-state index contributed by atoms with van der Waals surface area (Å²) in [7, 11) is 0. The van der Waals surface area contributed by atoms with E-state index in [1.165, 1.54) is 25.1 Å². The second kappa shape index (κ2) is 3.58. The van der Waals surface area contributed by atoms with E-state index in [1.54, 1.807) is 0 Å². The second-order valence-electron chi connectivity index (χ2n) is 3.21. The van der Waals surface area contributed by atoms with Gasteiger partial charge in [-0.05, 0) is 41.4 Å². The predicted octanol–water partition coefficient (Wildman–Crippen LogP) is 1.47. The van der Waals surface area contributed by atoms with E-state index in [4.69, 9.17) is 0 Å². The summed E-state index contributed by atoms with van der Waals surface area (Å²) in [5.41, 5.74) is 1.21. The molecule has 1 fully saturated rings. The molecule has 1 aromatic rings. The van der Waals surface area contributed by atoms with Crippen LogP contribution in [0.3, 0.4) is 0 Å². The van der Waals surface area contributed by atoms with Gasteiger partial charge in [-0.1, -0.05) is 0 Å². The van der Waals surface area contributed by atoms with E-state index in [9.17, 15) is 0 Å². The van der Waals surface area contributed by atoms with Crippen molar-refractivity contribution in [3.8, 4) is 0 Å². The molecule has 3 nitrogen and oxygen atoms in total. The molecule has 66 valence electrons. The molecule has 1 atom stereocenters. The highest BCUT2D eigenvalue weighted by Crippen LogP contribution is 2.13. The summed E-state index contributed by atoms with van der Waals surface area (Å²) in [5, 5.41) is 10.5. The highest BCUT2D eigenvalue weighted by atomic mass is 79.9. The van der Waals surface area contributed by atoms with Crippen LogP contribution in [0.1, 0.15) is 18.5 Å². The lowest BCUT2D eigenvalue weighted by Gasteiger charge is -2.06. The van der Waals surface area contributed by atoms with Crippen LogP contribution in [-0.2, 0) is 6.42 Å². The van der Waals surface area contributed by atoms with Gasteiger partial charge in [-0.2, -0.15) is 5.10 Å². The fourth-order valence-corrected chi connectivity index (χ4v) is 2.00. The zero-order valence-corrected chi connectivity index (χ0v) is 8.39. The summed E-state index contributed by atoms with van der Waals surface area (Å²) in [5.74, 6) is 0. The van der Waals surface area contributed by atoms with Gasteiger partial charge in [-0.3, -0.25) is 5.10 Å². The Labute approximate surface area is 80.1 Å². The van der Waals surface area contributed by atoms with E-state index in [0.29, 0.717) is 6.04 Å². The topological polar surface area (TPSA) is 40.7 Å². The summed E-state index contributed by atoms with van der Waals surface area (Å²) in [6, 6.07) is 2.69. The Kier molecular flexibility index (Phi) is 2.46. The minimum Gasteiger partial charge on any atom is -0.314 e. The molecule has 2 N–H and O–H groups in total. The lowest BCUT2D eigenvalue weighted by Crippen LogP contribution is -2.23. The van der Waals surface area contributed by atoms with Crippen LogP contribution in [0.5, 0.6) is 0 Å². The summed E-state index contributed by atoms with van der Waals surface area (Å²) >= 11 is 3.32. The SMILES string of the molecule is Brc1cc(CC2CCCN2)[nH]n1. The van der Waals surface area contributed by atoms with Crippen LogP contribution < -0.4 is 5.32 Å². The van der Waals surface area contributed by atoms with Gasteiger partial charge in [-0.25, -0.2) is 0 Å². The van der Waals surface area contributed by atoms with Crippen molar-refractivity contribution in [1.82, 2.24) is 15.5 Å². The van der Waals surface area contributed by atoms with Crippen LogP contribution in [-0.4, -0.2) is 22.8 Å². The zero-order chi connectivity index (χ0) is 8.39. The largest absolute Gasteiger partial charge is 0.314 e. The fraction of sp³-hybridized carbons (Fsp3) is 0.625. The van der Waals surface area contributed by atoms with E-state index in [1.807, 2.05) is 6.07 Å². The van der Waals surface area contributed by atoms with E-state index >= 15 is 0 Å². The smallest absolute Gasteiger partial charge is 0.128 e. The van der Waals surface area contributed by atoms with Crippen molar-refractivity contribution in [2.24, 2.45) is 0 Å². The normalized spacial score (nSPS) is 23.2. The summed E-state index contributed by atoms with van der Waals surface area (Å²) in [4.78, 5) is 0. The maximum absolute atomic E-state index is 4.02. The van der Waals surface area contributed by atoms with Crippen molar-refractivity contribution in [3.63, 3.8) is 0 Å². The van der Waals surface area contributed by atoms with Crippen LogP contribution in [0.4, 0.5) is 0 Å². The van der Waals surface area contributed by atoms with Gasteiger partial charge in [0.15, 0.2) is 0 Å². The number of rotatable bonds is 2. The Balaban J connectivity index is 1.94. The number of H-pyrrole nitrogens is 1. The number of halogens is 1. The van der Waals surface area contributed by atoms with E-state index in [2.05, 4.69) is 31.4 Å². The van der Waals surface area contributed by atoms with Crippen molar-refractivity contribution in [2.45, 2.75) is 25.3 Å². The first-order chi connectivity index (χ1) is 5.84. The van der Waals surface area contributed by atoms with Crippen molar-refractivity contribution in [2.75, 3.05) is 6.54 Å². The molecule has 0 saturated carbocycles. The third-order valence-corrected chi connectivity index (χ3v) is 2.63.